The zero-order valence-electron chi connectivity index (χ0n) is 15.7. The molecule has 1 aromatic rings. The lowest BCUT2D eigenvalue weighted by Crippen LogP contribution is -2.17. The van der Waals surface area contributed by atoms with Crippen molar-refractivity contribution >= 4 is 0 Å². The van der Waals surface area contributed by atoms with Crippen LogP contribution in [0.3, 0.4) is 0 Å². The molecule has 0 saturated heterocycles. The minimum absolute atomic E-state index is 0.187. The molecule has 0 amide bonds. The highest BCUT2D eigenvalue weighted by Gasteiger charge is 2.30. The molecule has 1 aliphatic rings. The summed E-state index contributed by atoms with van der Waals surface area (Å²) < 4.78 is 53.0. The van der Waals surface area contributed by atoms with Crippen LogP contribution in [0.25, 0.3) is 0 Å². The lowest BCUT2D eigenvalue weighted by molar-refractivity contribution is -0.274. The van der Waals surface area contributed by atoms with E-state index in [1.165, 1.54) is 24.3 Å². The third kappa shape index (κ3) is 8.60. The van der Waals surface area contributed by atoms with E-state index in [-0.39, 0.29) is 5.75 Å². The van der Waals surface area contributed by atoms with Gasteiger partial charge < -0.3 is 4.74 Å². The molecule has 0 N–H and O–H groups in total. The number of aryl methyl sites for hydroxylation is 1. The lowest BCUT2D eigenvalue weighted by Gasteiger charge is -2.26. The molecule has 0 atom stereocenters. The summed E-state index contributed by atoms with van der Waals surface area (Å²) >= 11 is 0. The van der Waals surface area contributed by atoms with Crippen molar-refractivity contribution in [1.82, 2.24) is 0 Å². The summed E-state index contributed by atoms with van der Waals surface area (Å²) in [7, 11) is 0. The highest BCUT2D eigenvalue weighted by Crippen LogP contribution is 2.32. The first-order valence-electron chi connectivity index (χ1n) is 9.64. The first-order chi connectivity index (χ1) is 13.4. The smallest absolute Gasteiger partial charge is 0.406 e. The van der Waals surface area contributed by atoms with Gasteiger partial charge in [0, 0.05) is 0 Å². The molecule has 152 valence electrons. The monoisotopic (exact) mass is 395 g/mol. The van der Waals surface area contributed by atoms with E-state index in [4.69, 9.17) is 5.26 Å². The average molecular weight is 395 g/mol. The molecule has 0 heterocycles. The van der Waals surface area contributed by atoms with Gasteiger partial charge in [-0.25, -0.2) is 0 Å². The second-order valence-electron chi connectivity index (χ2n) is 7.23. The Bertz CT molecular complexity index is 693. The van der Waals surface area contributed by atoms with Crippen LogP contribution in [0.2, 0.25) is 0 Å². The molecule has 2 rings (SSSR count). The average Bonchev–Trinajstić information content (AvgIpc) is 2.66. The van der Waals surface area contributed by atoms with Crippen molar-refractivity contribution in [2.75, 3.05) is 0 Å². The predicted octanol–water partition coefficient (Wildman–Crippen LogP) is 7.04. The summed E-state index contributed by atoms with van der Waals surface area (Å²) in [4.78, 5) is 0. The van der Waals surface area contributed by atoms with E-state index < -0.39 is 12.2 Å². The molecule has 1 aliphatic carbocycles. The van der Waals surface area contributed by atoms with Crippen molar-refractivity contribution in [2.45, 2.75) is 57.7 Å². The van der Waals surface area contributed by atoms with Crippen molar-refractivity contribution in [1.29, 1.82) is 5.26 Å². The van der Waals surface area contributed by atoms with E-state index in [1.807, 2.05) is 6.08 Å². The molecule has 1 fully saturated rings. The molecule has 2 nitrogen and oxygen atoms in total. The Morgan fingerprint density at radius 1 is 1.11 bits per heavy atom. The molecule has 0 bridgehead atoms. The third-order valence-corrected chi connectivity index (χ3v) is 5.11. The number of rotatable bonds is 8. The van der Waals surface area contributed by atoms with E-state index in [2.05, 4.69) is 4.74 Å². The Hall–Kier alpha value is -2.29. The van der Waals surface area contributed by atoms with Crippen LogP contribution < -0.4 is 4.74 Å². The fourth-order valence-corrected chi connectivity index (χ4v) is 3.62. The van der Waals surface area contributed by atoms with Gasteiger partial charge in [0.2, 0.25) is 0 Å². The van der Waals surface area contributed by atoms with Crippen LogP contribution in [0.4, 0.5) is 17.6 Å². The normalized spacial score (nSPS) is 20.9. The quantitative estimate of drug-likeness (QED) is 0.205. The number of halogens is 4. The van der Waals surface area contributed by atoms with Crippen molar-refractivity contribution in [3.8, 4) is 11.8 Å². The van der Waals surface area contributed by atoms with Crippen LogP contribution >= 0.6 is 0 Å². The molecule has 1 saturated carbocycles. The number of nitrogens with zero attached hydrogens (tertiary/aromatic N) is 1. The fraction of sp³-hybridized carbons (Fsp3) is 0.500. The molecule has 0 unspecified atom stereocenters. The Morgan fingerprint density at radius 3 is 2.39 bits per heavy atom. The second-order valence-corrected chi connectivity index (χ2v) is 7.23. The third-order valence-electron chi connectivity index (χ3n) is 5.11. The number of hydrogen-bond acceptors (Lipinski definition) is 2. The molecular weight excluding hydrogens is 370 g/mol. The van der Waals surface area contributed by atoms with Gasteiger partial charge in [0.05, 0.1) is 0 Å². The summed E-state index contributed by atoms with van der Waals surface area (Å²) in [6, 6.07) is 7.53. The van der Waals surface area contributed by atoms with Gasteiger partial charge in [-0.05, 0) is 74.1 Å². The van der Waals surface area contributed by atoms with Crippen molar-refractivity contribution in [3.63, 3.8) is 0 Å². The van der Waals surface area contributed by atoms with Crippen molar-refractivity contribution < 1.29 is 22.3 Å². The molecule has 0 aliphatic heterocycles. The van der Waals surface area contributed by atoms with Gasteiger partial charge in [-0.1, -0.05) is 37.1 Å². The van der Waals surface area contributed by atoms with Gasteiger partial charge in [0.25, 0.3) is 0 Å². The SMILES string of the molecule is N#CC(F)=CC=CC1CCC(CCCCc2ccc(OC(F)(F)F)cc2)CC1. The van der Waals surface area contributed by atoms with Gasteiger partial charge in [-0.3, -0.25) is 0 Å². The number of unbranched alkanes of at least 4 members (excludes halogenated alkanes) is 1. The van der Waals surface area contributed by atoms with Crippen LogP contribution in [0.1, 0.15) is 50.5 Å². The zero-order chi connectivity index (χ0) is 20.4. The number of alkyl halides is 3. The maximum atomic E-state index is 12.7. The van der Waals surface area contributed by atoms with E-state index in [0.717, 1.165) is 56.9 Å². The van der Waals surface area contributed by atoms with Gasteiger partial charge in [0.15, 0.2) is 5.83 Å². The maximum absolute atomic E-state index is 12.7. The number of nitriles is 1. The van der Waals surface area contributed by atoms with E-state index >= 15 is 0 Å². The van der Waals surface area contributed by atoms with Crippen molar-refractivity contribution in [2.24, 2.45) is 11.8 Å². The molecule has 6 heteroatoms. The zero-order valence-corrected chi connectivity index (χ0v) is 15.7. The van der Waals surface area contributed by atoms with E-state index in [1.54, 1.807) is 18.2 Å². The predicted molar refractivity (Wildman–Crippen MR) is 100 cm³/mol. The Balaban J connectivity index is 1.61. The Morgan fingerprint density at radius 2 is 1.79 bits per heavy atom. The molecule has 0 radical (unpaired) electrons. The topological polar surface area (TPSA) is 33.0 Å². The van der Waals surface area contributed by atoms with Gasteiger partial charge in [-0.15, -0.1) is 13.2 Å². The highest BCUT2D eigenvalue weighted by atomic mass is 19.4. The summed E-state index contributed by atoms with van der Waals surface area (Å²) in [5.74, 6) is 0.204. The second kappa shape index (κ2) is 10.9. The summed E-state index contributed by atoms with van der Waals surface area (Å²) in [6.45, 7) is 0. The fourth-order valence-electron chi connectivity index (χ4n) is 3.62. The molecule has 0 spiro atoms. The number of allylic oxidation sites excluding steroid dienone is 4. The summed E-state index contributed by atoms with van der Waals surface area (Å²) in [6.07, 6.45) is 8.77. The van der Waals surface area contributed by atoms with Crippen LogP contribution in [0.5, 0.6) is 5.75 Å². The number of ether oxygens (including phenoxy) is 1. The standard InChI is InChI=1S/C22H25F4NO/c23-20(16-27)7-3-6-19-10-8-17(9-11-19)4-1-2-5-18-12-14-21(15-13-18)28-22(24,25)26/h3,6-7,12-15,17,19H,1-2,4-5,8-11H2. The summed E-state index contributed by atoms with van der Waals surface area (Å²) in [5.41, 5.74) is 1.01. The minimum atomic E-state index is -4.65. The highest BCUT2D eigenvalue weighted by molar-refractivity contribution is 5.27. The van der Waals surface area contributed by atoms with Gasteiger partial charge in [0.1, 0.15) is 11.8 Å². The minimum Gasteiger partial charge on any atom is -0.406 e. The van der Waals surface area contributed by atoms with Crippen LogP contribution in [-0.2, 0) is 6.42 Å². The van der Waals surface area contributed by atoms with Crippen LogP contribution in [0.15, 0.2) is 48.3 Å². The van der Waals surface area contributed by atoms with Crippen LogP contribution in [-0.4, -0.2) is 6.36 Å². The maximum Gasteiger partial charge on any atom is 0.573 e. The summed E-state index contributed by atoms with van der Waals surface area (Å²) in [5, 5.41) is 8.36. The molecule has 1 aromatic carbocycles. The number of benzene rings is 1. The largest absolute Gasteiger partial charge is 0.573 e. The van der Waals surface area contributed by atoms with Gasteiger partial charge in [-0.2, -0.15) is 9.65 Å². The first kappa shape index (κ1) is 22.0. The Labute approximate surface area is 163 Å². The van der Waals surface area contributed by atoms with E-state index in [9.17, 15) is 17.6 Å². The van der Waals surface area contributed by atoms with Gasteiger partial charge >= 0.3 is 6.36 Å². The molecule has 28 heavy (non-hydrogen) atoms. The van der Waals surface area contributed by atoms with E-state index in [0.29, 0.717) is 11.8 Å². The Kier molecular flexibility index (Phi) is 8.56. The molecular formula is C22H25F4NO. The van der Waals surface area contributed by atoms with Crippen molar-refractivity contribution in [3.05, 3.63) is 53.9 Å². The lowest BCUT2D eigenvalue weighted by atomic mass is 9.79. The molecule has 0 aromatic heterocycles. The van der Waals surface area contributed by atoms with Crippen LogP contribution in [0, 0.1) is 23.2 Å². The first-order valence-corrected chi connectivity index (χ1v) is 9.64. The number of hydrogen-bond donors (Lipinski definition) is 0.